The lowest BCUT2D eigenvalue weighted by atomic mass is 9.94. The zero-order valence-electron chi connectivity index (χ0n) is 19.0. The number of methoxy groups -OCH3 is 1. The van der Waals surface area contributed by atoms with Crippen LogP contribution >= 0.6 is 11.3 Å². The number of aryl methyl sites for hydroxylation is 3. The number of rotatable bonds is 5. The van der Waals surface area contributed by atoms with Gasteiger partial charge in [-0.15, -0.1) is 0 Å². The lowest BCUT2D eigenvalue weighted by Crippen LogP contribution is -2.21. The second kappa shape index (κ2) is 8.78. The van der Waals surface area contributed by atoms with E-state index in [0.717, 1.165) is 53.5 Å². The van der Waals surface area contributed by atoms with Crippen molar-refractivity contribution in [2.75, 3.05) is 26.5 Å². The normalized spacial score (nSPS) is 13.7. The summed E-state index contributed by atoms with van der Waals surface area (Å²) in [5, 5.41) is 4.26. The average molecular weight is 454 g/mol. The van der Waals surface area contributed by atoms with Gasteiger partial charge >= 0.3 is 0 Å². The van der Waals surface area contributed by atoms with Gasteiger partial charge < -0.3 is 14.1 Å². The molecule has 0 radical (unpaired) electrons. The summed E-state index contributed by atoms with van der Waals surface area (Å²) in [7, 11) is 4.99. The summed E-state index contributed by atoms with van der Waals surface area (Å²) in [4.78, 5) is 31.3. The first-order valence-corrected chi connectivity index (χ1v) is 11.4. The Kier molecular flexibility index (Phi) is 6.06. The first kappa shape index (κ1) is 22.1. The lowest BCUT2D eigenvalue weighted by Gasteiger charge is -2.11. The van der Waals surface area contributed by atoms with E-state index in [4.69, 9.17) is 9.15 Å². The number of benzene rings is 1. The van der Waals surface area contributed by atoms with Gasteiger partial charge in [-0.05, 0) is 44.7 Å². The number of thiazole rings is 1. The van der Waals surface area contributed by atoms with E-state index in [1.165, 1.54) is 27.9 Å². The molecule has 0 unspecified atom stereocenters. The van der Waals surface area contributed by atoms with Crippen molar-refractivity contribution in [2.24, 2.45) is 0 Å². The zero-order chi connectivity index (χ0) is 23.0. The molecule has 8 heteroatoms. The van der Waals surface area contributed by atoms with Crippen molar-refractivity contribution < 1.29 is 18.7 Å². The van der Waals surface area contributed by atoms with Crippen molar-refractivity contribution in [1.29, 1.82) is 0 Å². The summed E-state index contributed by atoms with van der Waals surface area (Å²) in [5.74, 6) is 1.28. The number of carbonyl (C=O) groups is 2. The van der Waals surface area contributed by atoms with E-state index in [2.05, 4.69) is 16.4 Å². The third-order valence-corrected chi connectivity index (χ3v) is 6.74. The highest BCUT2D eigenvalue weighted by atomic mass is 32.1. The van der Waals surface area contributed by atoms with E-state index in [0.29, 0.717) is 21.5 Å². The van der Waals surface area contributed by atoms with Crippen molar-refractivity contribution in [3.8, 4) is 5.75 Å². The molecule has 2 aromatic heterocycles. The molecule has 168 valence electrons. The Labute approximate surface area is 191 Å². The maximum absolute atomic E-state index is 12.7. The zero-order valence-corrected chi connectivity index (χ0v) is 19.8. The van der Waals surface area contributed by atoms with E-state index in [1.54, 1.807) is 28.1 Å². The van der Waals surface area contributed by atoms with Gasteiger partial charge in [0.05, 0.1) is 12.8 Å². The van der Waals surface area contributed by atoms with E-state index >= 15 is 0 Å². The van der Waals surface area contributed by atoms with Crippen LogP contribution in [0.5, 0.6) is 5.75 Å². The fourth-order valence-corrected chi connectivity index (χ4v) is 5.02. The van der Waals surface area contributed by atoms with Crippen LogP contribution in [0.3, 0.4) is 0 Å². The number of furan rings is 1. The SMILES string of the molecule is COc1cc2oc3c(c2cc1/C(C)=C/C(=O)Nc1nc(C)c(C(=O)N(C)C)s1)CCCC3. The molecule has 0 fully saturated rings. The standard InChI is InChI=1S/C24H27N3O4S/c1-13(10-21(28)26-24-25-14(2)22(32-24)23(29)27(3)4)16-11-17-15-8-6-7-9-18(15)31-20(17)12-19(16)30-5/h10-12H,6-9H2,1-5H3,(H,25,26,28)/b13-10+. The minimum absolute atomic E-state index is 0.131. The van der Waals surface area contributed by atoms with Gasteiger partial charge in [-0.2, -0.15) is 0 Å². The maximum Gasteiger partial charge on any atom is 0.265 e. The molecule has 1 aliphatic rings. The first-order valence-electron chi connectivity index (χ1n) is 10.6. The van der Waals surface area contributed by atoms with Gasteiger partial charge in [-0.1, -0.05) is 11.3 Å². The van der Waals surface area contributed by atoms with E-state index in [9.17, 15) is 9.59 Å². The molecule has 1 aliphatic carbocycles. The molecule has 2 heterocycles. The van der Waals surface area contributed by atoms with Crippen LogP contribution in [0.25, 0.3) is 16.5 Å². The van der Waals surface area contributed by atoms with Crippen molar-refractivity contribution in [2.45, 2.75) is 39.5 Å². The molecular formula is C24H27N3O4S. The molecular weight excluding hydrogens is 426 g/mol. The number of nitrogens with one attached hydrogen (secondary N) is 1. The van der Waals surface area contributed by atoms with Gasteiger partial charge in [0, 0.05) is 49.2 Å². The molecule has 0 saturated carbocycles. The number of aromatic nitrogens is 1. The number of amides is 2. The Balaban J connectivity index is 1.61. The Bertz CT molecular complexity index is 1240. The number of fused-ring (bicyclic) bond motifs is 3. The predicted molar refractivity (Wildman–Crippen MR) is 127 cm³/mol. The number of hydrogen-bond acceptors (Lipinski definition) is 6. The molecule has 32 heavy (non-hydrogen) atoms. The van der Waals surface area contributed by atoms with Gasteiger partial charge in [0.2, 0.25) is 5.91 Å². The van der Waals surface area contributed by atoms with Crippen molar-refractivity contribution >= 4 is 44.8 Å². The third kappa shape index (κ3) is 4.14. The number of carbonyl (C=O) groups excluding carboxylic acids is 2. The Morgan fingerprint density at radius 3 is 2.72 bits per heavy atom. The average Bonchev–Trinajstić information content (AvgIpc) is 3.31. The van der Waals surface area contributed by atoms with Gasteiger partial charge in [0.1, 0.15) is 22.0 Å². The molecule has 0 aliphatic heterocycles. The van der Waals surface area contributed by atoms with Crippen LogP contribution in [0.15, 0.2) is 22.6 Å². The highest BCUT2D eigenvalue weighted by Crippen LogP contribution is 2.38. The van der Waals surface area contributed by atoms with Crippen LogP contribution in [0.1, 0.15) is 52.0 Å². The second-order valence-electron chi connectivity index (χ2n) is 8.21. The fraction of sp³-hybridized carbons (Fsp3) is 0.375. The fourth-order valence-electron chi connectivity index (χ4n) is 4.03. The smallest absolute Gasteiger partial charge is 0.265 e. The minimum atomic E-state index is -0.309. The van der Waals surface area contributed by atoms with Crippen molar-refractivity contribution in [1.82, 2.24) is 9.88 Å². The van der Waals surface area contributed by atoms with Crippen LogP contribution < -0.4 is 10.1 Å². The minimum Gasteiger partial charge on any atom is -0.496 e. The third-order valence-electron chi connectivity index (χ3n) is 5.68. The number of hydrogen-bond donors (Lipinski definition) is 1. The van der Waals surface area contributed by atoms with Crippen LogP contribution in [-0.4, -0.2) is 42.9 Å². The van der Waals surface area contributed by atoms with Gasteiger partial charge in [-0.25, -0.2) is 4.98 Å². The molecule has 1 aromatic carbocycles. The topological polar surface area (TPSA) is 84.7 Å². The molecule has 0 bridgehead atoms. The van der Waals surface area contributed by atoms with Crippen molar-refractivity contribution in [3.63, 3.8) is 0 Å². The summed E-state index contributed by atoms with van der Waals surface area (Å²) < 4.78 is 11.7. The monoisotopic (exact) mass is 453 g/mol. The lowest BCUT2D eigenvalue weighted by molar-refractivity contribution is -0.111. The summed E-state index contributed by atoms with van der Waals surface area (Å²) >= 11 is 1.17. The molecule has 0 spiro atoms. The first-order chi connectivity index (χ1) is 15.3. The molecule has 4 rings (SSSR count). The van der Waals surface area contributed by atoms with E-state index in [1.807, 2.05) is 13.0 Å². The number of allylic oxidation sites excluding steroid dienone is 1. The van der Waals surface area contributed by atoms with E-state index < -0.39 is 0 Å². The van der Waals surface area contributed by atoms with Gasteiger partial charge in [0.25, 0.3) is 5.91 Å². The highest BCUT2D eigenvalue weighted by Gasteiger charge is 2.21. The predicted octanol–water partition coefficient (Wildman–Crippen LogP) is 4.83. The highest BCUT2D eigenvalue weighted by molar-refractivity contribution is 7.17. The van der Waals surface area contributed by atoms with Crippen LogP contribution in [0, 0.1) is 6.92 Å². The molecule has 2 amide bonds. The molecule has 0 atom stereocenters. The second-order valence-corrected chi connectivity index (χ2v) is 9.21. The molecule has 0 saturated heterocycles. The summed E-state index contributed by atoms with van der Waals surface area (Å²) in [5.41, 5.74) is 4.31. The van der Waals surface area contributed by atoms with Crippen molar-refractivity contribution in [3.05, 3.63) is 45.7 Å². The Morgan fingerprint density at radius 1 is 1.25 bits per heavy atom. The number of ether oxygens (including phenoxy) is 1. The summed E-state index contributed by atoms with van der Waals surface area (Å²) in [6.45, 7) is 3.64. The maximum atomic E-state index is 12.7. The largest absolute Gasteiger partial charge is 0.496 e. The number of nitrogens with zero attached hydrogens (tertiary/aromatic N) is 2. The molecule has 7 nitrogen and oxygen atoms in total. The van der Waals surface area contributed by atoms with Crippen LogP contribution in [0.2, 0.25) is 0 Å². The van der Waals surface area contributed by atoms with Crippen LogP contribution in [-0.2, 0) is 17.6 Å². The van der Waals surface area contributed by atoms with E-state index in [-0.39, 0.29) is 11.8 Å². The molecule has 3 aromatic rings. The number of anilines is 1. The summed E-state index contributed by atoms with van der Waals surface area (Å²) in [6.07, 6.45) is 5.80. The van der Waals surface area contributed by atoms with Gasteiger partial charge in [0.15, 0.2) is 5.13 Å². The summed E-state index contributed by atoms with van der Waals surface area (Å²) in [6, 6.07) is 3.96. The molecule has 1 N–H and O–H groups in total. The van der Waals surface area contributed by atoms with Gasteiger partial charge in [-0.3, -0.25) is 14.9 Å². The van der Waals surface area contributed by atoms with Crippen LogP contribution in [0.4, 0.5) is 5.13 Å². The quantitative estimate of drug-likeness (QED) is 0.560. The Hall–Kier alpha value is -3.13. The Morgan fingerprint density at radius 2 is 2.00 bits per heavy atom.